The molecule has 0 bridgehead atoms. The molecule has 0 spiro atoms. The van der Waals surface area contributed by atoms with Gasteiger partial charge in [0, 0.05) is 19.7 Å². The fourth-order valence-electron chi connectivity index (χ4n) is 1.98. The maximum Gasteiger partial charge on any atom is 0.312 e. The van der Waals surface area contributed by atoms with Crippen LogP contribution in [0.1, 0.15) is 31.7 Å². The summed E-state index contributed by atoms with van der Waals surface area (Å²) in [6, 6.07) is 9.24. The molecule has 19 heavy (non-hydrogen) atoms. The van der Waals surface area contributed by atoms with Crippen molar-refractivity contribution >= 4 is 5.97 Å². The number of carboxylic acid groups (broad SMARTS) is 1. The predicted molar refractivity (Wildman–Crippen MR) is 75.2 cm³/mol. The smallest absolute Gasteiger partial charge is 0.312 e. The second-order valence-corrected chi connectivity index (χ2v) is 5.57. The zero-order valence-electron chi connectivity index (χ0n) is 11.6. The molecule has 0 saturated heterocycles. The monoisotopic (exact) mass is 265 g/mol. The van der Waals surface area contributed by atoms with Gasteiger partial charge in [-0.2, -0.15) is 0 Å². The molecule has 3 N–H and O–H groups in total. The molecule has 0 aliphatic carbocycles. The van der Waals surface area contributed by atoms with Crippen molar-refractivity contribution in [3.63, 3.8) is 0 Å². The lowest BCUT2D eigenvalue weighted by Gasteiger charge is -2.25. The molecule has 4 nitrogen and oxygen atoms in total. The Morgan fingerprint density at radius 3 is 2.47 bits per heavy atom. The molecule has 1 unspecified atom stereocenters. The van der Waals surface area contributed by atoms with E-state index in [1.807, 2.05) is 30.3 Å². The number of carbonyl (C=O) groups is 1. The molecule has 0 aliphatic rings. The average molecular weight is 265 g/mol. The van der Waals surface area contributed by atoms with E-state index in [-0.39, 0.29) is 12.0 Å². The molecular formula is C15H23NO3. The predicted octanol–water partition coefficient (Wildman–Crippen LogP) is 1.85. The Bertz CT molecular complexity index is 390. The maximum absolute atomic E-state index is 11.3. The lowest BCUT2D eigenvalue weighted by Crippen LogP contribution is -2.34. The van der Waals surface area contributed by atoms with Gasteiger partial charge in [0.05, 0.1) is 5.92 Å². The molecule has 0 saturated carbocycles. The SMILES string of the molecule is CC(C)(CCO)CNCC(C(=O)O)c1ccccc1. The van der Waals surface area contributed by atoms with Crippen LogP contribution < -0.4 is 5.32 Å². The Morgan fingerprint density at radius 2 is 1.95 bits per heavy atom. The first-order valence-corrected chi connectivity index (χ1v) is 6.55. The second kappa shape index (κ2) is 7.26. The van der Waals surface area contributed by atoms with Crippen molar-refractivity contribution in [1.29, 1.82) is 0 Å². The summed E-state index contributed by atoms with van der Waals surface area (Å²) >= 11 is 0. The van der Waals surface area contributed by atoms with Crippen LogP contribution >= 0.6 is 0 Å². The highest BCUT2D eigenvalue weighted by Gasteiger charge is 2.21. The van der Waals surface area contributed by atoms with Crippen molar-refractivity contribution in [2.45, 2.75) is 26.2 Å². The Balaban J connectivity index is 2.55. The van der Waals surface area contributed by atoms with E-state index in [0.717, 1.165) is 5.56 Å². The Labute approximate surface area is 114 Å². The van der Waals surface area contributed by atoms with E-state index in [1.54, 1.807) is 0 Å². The van der Waals surface area contributed by atoms with Gasteiger partial charge in [0.2, 0.25) is 0 Å². The van der Waals surface area contributed by atoms with Crippen LogP contribution in [0, 0.1) is 5.41 Å². The van der Waals surface area contributed by atoms with Crippen molar-refractivity contribution in [1.82, 2.24) is 5.32 Å². The van der Waals surface area contributed by atoms with E-state index in [0.29, 0.717) is 19.5 Å². The van der Waals surface area contributed by atoms with Gasteiger partial charge in [-0.15, -0.1) is 0 Å². The number of aliphatic hydroxyl groups is 1. The van der Waals surface area contributed by atoms with Gasteiger partial charge in [0.1, 0.15) is 0 Å². The number of nitrogens with one attached hydrogen (secondary N) is 1. The number of aliphatic carboxylic acids is 1. The van der Waals surface area contributed by atoms with Crippen molar-refractivity contribution in [3.05, 3.63) is 35.9 Å². The Hall–Kier alpha value is -1.39. The van der Waals surface area contributed by atoms with Crippen molar-refractivity contribution in [2.75, 3.05) is 19.7 Å². The van der Waals surface area contributed by atoms with Crippen LogP contribution in [0.3, 0.4) is 0 Å². The molecule has 0 fully saturated rings. The standard InChI is InChI=1S/C15H23NO3/c1-15(2,8-9-17)11-16-10-13(14(18)19)12-6-4-3-5-7-12/h3-7,13,16-17H,8-11H2,1-2H3,(H,18,19). The summed E-state index contributed by atoms with van der Waals surface area (Å²) < 4.78 is 0. The van der Waals surface area contributed by atoms with Crippen molar-refractivity contribution in [3.8, 4) is 0 Å². The van der Waals surface area contributed by atoms with Crippen LogP contribution in [0.25, 0.3) is 0 Å². The van der Waals surface area contributed by atoms with Crippen molar-refractivity contribution in [2.24, 2.45) is 5.41 Å². The molecule has 1 aromatic rings. The highest BCUT2D eigenvalue weighted by molar-refractivity contribution is 5.76. The Kier molecular flexibility index (Phi) is 5.99. The summed E-state index contributed by atoms with van der Waals surface area (Å²) in [6.07, 6.45) is 0.697. The average Bonchev–Trinajstić information content (AvgIpc) is 2.35. The number of rotatable bonds is 8. The minimum absolute atomic E-state index is 0.0332. The number of benzene rings is 1. The molecular weight excluding hydrogens is 242 g/mol. The summed E-state index contributed by atoms with van der Waals surface area (Å²) in [5.41, 5.74) is 0.775. The molecule has 0 radical (unpaired) electrons. The van der Waals surface area contributed by atoms with Gasteiger partial charge < -0.3 is 15.5 Å². The third-order valence-electron chi connectivity index (χ3n) is 3.24. The van der Waals surface area contributed by atoms with Crippen LogP contribution in [0.5, 0.6) is 0 Å². The zero-order valence-corrected chi connectivity index (χ0v) is 11.6. The minimum Gasteiger partial charge on any atom is -0.481 e. The highest BCUT2D eigenvalue weighted by atomic mass is 16.4. The van der Waals surface area contributed by atoms with E-state index in [2.05, 4.69) is 19.2 Å². The maximum atomic E-state index is 11.3. The van der Waals surface area contributed by atoms with Crippen LogP contribution in [-0.4, -0.2) is 35.9 Å². The summed E-state index contributed by atoms with van der Waals surface area (Å²) in [5, 5.41) is 21.4. The van der Waals surface area contributed by atoms with Gasteiger partial charge in [0.25, 0.3) is 0 Å². The molecule has 106 valence electrons. The van der Waals surface area contributed by atoms with Gasteiger partial charge in [-0.3, -0.25) is 4.79 Å². The van der Waals surface area contributed by atoms with E-state index in [9.17, 15) is 9.90 Å². The fraction of sp³-hybridized carbons (Fsp3) is 0.533. The van der Waals surface area contributed by atoms with Crippen LogP contribution in [0.4, 0.5) is 0 Å². The number of aliphatic hydroxyl groups excluding tert-OH is 1. The molecule has 1 aromatic carbocycles. The van der Waals surface area contributed by atoms with Crippen molar-refractivity contribution < 1.29 is 15.0 Å². The van der Waals surface area contributed by atoms with Gasteiger partial charge in [-0.05, 0) is 17.4 Å². The van der Waals surface area contributed by atoms with Gasteiger partial charge in [0.15, 0.2) is 0 Å². The first kappa shape index (κ1) is 15.7. The topological polar surface area (TPSA) is 69.6 Å². The number of carboxylic acids is 1. The van der Waals surface area contributed by atoms with E-state index in [4.69, 9.17) is 5.11 Å². The largest absolute Gasteiger partial charge is 0.481 e. The van der Waals surface area contributed by atoms with Gasteiger partial charge >= 0.3 is 5.97 Å². The summed E-state index contributed by atoms with van der Waals surface area (Å²) in [7, 11) is 0. The third kappa shape index (κ3) is 5.41. The summed E-state index contributed by atoms with van der Waals surface area (Å²) in [5.74, 6) is -1.36. The first-order valence-electron chi connectivity index (χ1n) is 6.55. The van der Waals surface area contributed by atoms with E-state index in [1.165, 1.54) is 0 Å². The highest BCUT2D eigenvalue weighted by Crippen LogP contribution is 2.19. The molecule has 1 rings (SSSR count). The van der Waals surface area contributed by atoms with Crippen LogP contribution in [0.2, 0.25) is 0 Å². The third-order valence-corrected chi connectivity index (χ3v) is 3.24. The number of hydrogen-bond donors (Lipinski definition) is 3. The Morgan fingerprint density at radius 1 is 1.32 bits per heavy atom. The van der Waals surface area contributed by atoms with Crippen LogP contribution in [-0.2, 0) is 4.79 Å². The molecule has 0 amide bonds. The molecule has 1 atom stereocenters. The lowest BCUT2D eigenvalue weighted by atomic mass is 9.89. The number of hydrogen-bond acceptors (Lipinski definition) is 3. The fourth-order valence-corrected chi connectivity index (χ4v) is 1.98. The summed E-state index contributed by atoms with van der Waals surface area (Å²) in [6.45, 7) is 5.33. The minimum atomic E-state index is -0.821. The first-order chi connectivity index (χ1) is 8.96. The second-order valence-electron chi connectivity index (χ2n) is 5.57. The molecule has 0 heterocycles. The van der Waals surface area contributed by atoms with Gasteiger partial charge in [-0.1, -0.05) is 44.2 Å². The van der Waals surface area contributed by atoms with Gasteiger partial charge in [-0.25, -0.2) is 0 Å². The lowest BCUT2D eigenvalue weighted by molar-refractivity contribution is -0.138. The molecule has 4 heteroatoms. The molecule has 0 aliphatic heterocycles. The molecule has 0 aromatic heterocycles. The zero-order chi connectivity index (χ0) is 14.3. The summed E-state index contributed by atoms with van der Waals surface area (Å²) in [4.78, 5) is 11.3. The van der Waals surface area contributed by atoms with E-state index < -0.39 is 11.9 Å². The quantitative estimate of drug-likeness (QED) is 0.671. The van der Waals surface area contributed by atoms with Crippen LogP contribution in [0.15, 0.2) is 30.3 Å². The van der Waals surface area contributed by atoms with E-state index >= 15 is 0 Å². The normalized spacial score (nSPS) is 13.2.